The van der Waals surface area contributed by atoms with Gasteiger partial charge in [-0.1, -0.05) is 19.1 Å². The van der Waals surface area contributed by atoms with Crippen molar-refractivity contribution >= 4 is 5.95 Å². The zero-order chi connectivity index (χ0) is 15.2. The van der Waals surface area contributed by atoms with Crippen molar-refractivity contribution < 1.29 is 9.13 Å². The van der Waals surface area contributed by atoms with E-state index in [-0.39, 0.29) is 11.8 Å². The molecule has 2 aromatic rings. The fraction of sp³-hybridized carbons (Fsp3) is 0.375. The van der Waals surface area contributed by atoms with Gasteiger partial charge in [0, 0.05) is 12.1 Å². The van der Waals surface area contributed by atoms with Crippen LogP contribution in [0.25, 0.3) is 11.3 Å². The van der Waals surface area contributed by atoms with Crippen molar-refractivity contribution in [1.82, 2.24) is 9.97 Å². The number of aromatic nitrogens is 2. The first kappa shape index (κ1) is 15.2. The van der Waals surface area contributed by atoms with E-state index in [0.717, 1.165) is 13.0 Å². The summed E-state index contributed by atoms with van der Waals surface area (Å²) in [6.45, 7) is 6.70. The van der Waals surface area contributed by atoms with Crippen molar-refractivity contribution in [2.45, 2.75) is 33.3 Å². The monoisotopic (exact) mass is 289 g/mol. The molecule has 112 valence electrons. The summed E-state index contributed by atoms with van der Waals surface area (Å²) in [6, 6.07) is 7.27. The van der Waals surface area contributed by atoms with E-state index < -0.39 is 5.82 Å². The molecule has 1 heterocycles. The Morgan fingerprint density at radius 2 is 2.14 bits per heavy atom. The normalized spacial score (nSPS) is 10.7. The van der Waals surface area contributed by atoms with Gasteiger partial charge in [0.1, 0.15) is 11.4 Å². The molecular weight excluding hydrogens is 269 g/mol. The third kappa shape index (κ3) is 4.15. The van der Waals surface area contributed by atoms with Gasteiger partial charge in [-0.15, -0.1) is 0 Å². The zero-order valence-corrected chi connectivity index (χ0v) is 12.6. The summed E-state index contributed by atoms with van der Waals surface area (Å²) in [5.74, 6) is 0.686. The lowest BCUT2D eigenvalue weighted by atomic mass is 10.1. The summed E-state index contributed by atoms with van der Waals surface area (Å²) in [7, 11) is 0. The largest absolute Gasteiger partial charge is 0.491 e. The summed E-state index contributed by atoms with van der Waals surface area (Å²) in [4.78, 5) is 8.19. The van der Waals surface area contributed by atoms with Gasteiger partial charge in [0.15, 0.2) is 5.82 Å². The van der Waals surface area contributed by atoms with Crippen molar-refractivity contribution in [3.8, 4) is 17.0 Å². The lowest BCUT2D eigenvalue weighted by Crippen LogP contribution is -2.07. The molecule has 21 heavy (non-hydrogen) atoms. The van der Waals surface area contributed by atoms with Crippen LogP contribution in [0.1, 0.15) is 27.2 Å². The van der Waals surface area contributed by atoms with E-state index >= 15 is 0 Å². The molecule has 0 bridgehead atoms. The molecule has 1 N–H and O–H groups in total. The Morgan fingerprint density at radius 3 is 2.86 bits per heavy atom. The van der Waals surface area contributed by atoms with E-state index in [4.69, 9.17) is 4.74 Å². The second-order valence-electron chi connectivity index (χ2n) is 5.01. The molecular formula is C16H20FN3O. The molecule has 0 atom stereocenters. The summed E-state index contributed by atoms with van der Waals surface area (Å²) in [5.41, 5.74) is 0.949. The summed E-state index contributed by atoms with van der Waals surface area (Å²) < 4.78 is 19.6. The third-order valence-corrected chi connectivity index (χ3v) is 2.76. The fourth-order valence-corrected chi connectivity index (χ4v) is 1.88. The van der Waals surface area contributed by atoms with Crippen LogP contribution in [0.5, 0.6) is 5.75 Å². The van der Waals surface area contributed by atoms with E-state index in [9.17, 15) is 4.39 Å². The molecule has 0 saturated carbocycles. The number of anilines is 1. The molecule has 0 radical (unpaired) electrons. The van der Waals surface area contributed by atoms with Crippen LogP contribution in [0.4, 0.5) is 10.3 Å². The molecule has 0 unspecified atom stereocenters. The molecule has 0 aliphatic heterocycles. The van der Waals surface area contributed by atoms with Crippen LogP contribution in [0.15, 0.2) is 30.5 Å². The molecule has 0 saturated heterocycles. The minimum absolute atomic E-state index is 0.0669. The number of nitrogens with zero attached hydrogens (tertiary/aromatic N) is 2. The maximum absolute atomic E-state index is 14.0. The highest BCUT2D eigenvalue weighted by atomic mass is 19.1. The maximum Gasteiger partial charge on any atom is 0.223 e. The first-order valence-electron chi connectivity index (χ1n) is 7.13. The highest BCUT2D eigenvalue weighted by Gasteiger charge is 2.10. The zero-order valence-electron chi connectivity index (χ0n) is 12.6. The average Bonchev–Trinajstić information content (AvgIpc) is 2.46. The SMILES string of the molecule is CCCNc1ncc(F)c(-c2cccc(OC(C)C)c2)n1. The topological polar surface area (TPSA) is 47.0 Å². The molecule has 5 heteroatoms. The molecule has 0 aliphatic rings. The second-order valence-corrected chi connectivity index (χ2v) is 5.01. The Balaban J connectivity index is 2.31. The minimum atomic E-state index is -0.446. The number of benzene rings is 1. The van der Waals surface area contributed by atoms with Gasteiger partial charge in [-0.2, -0.15) is 0 Å². The fourth-order valence-electron chi connectivity index (χ4n) is 1.88. The van der Waals surface area contributed by atoms with Gasteiger partial charge in [0.25, 0.3) is 0 Å². The predicted octanol–water partition coefficient (Wildman–Crippen LogP) is 3.89. The van der Waals surface area contributed by atoms with E-state index in [1.54, 1.807) is 6.07 Å². The number of halogens is 1. The van der Waals surface area contributed by atoms with Crippen molar-refractivity contribution in [3.63, 3.8) is 0 Å². The summed E-state index contributed by atoms with van der Waals surface area (Å²) in [5, 5.41) is 3.06. The van der Waals surface area contributed by atoms with Crippen molar-refractivity contribution in [3.05, 3.63) is 36.3 Å². The van der Waals surface area contributed by atoms with Gasteiger partial charge in [0.05, 0.1) is 12.3 Å². The molecule has 1 aromatic heterocycles. The van der Waals surface area contributed by atoms with Crippen LogP contribution >= 0.6 is 0 Å². The number of hydrogen-bond acceptors (Lipinski definition) is 4. The predicted molar refractivity (Wildman–Crippen MR) is 82.0 cm³/mol. The van der Waals surface area contributed by atoms with E-state index in [0.29, 0.717) is 17.3 Å². The third-order valence-electron chi connectivity index (χ3n) is 2.76. The highest BCUT2D eigenvalue weighted by Crippen LogP contribution is 2.25. The smallest absolute Gasteiger partial charge is 0.223 e. The van der Waals surface area contributed by atoms with Crippen LogP contribution < -0.4 is 10.1 Å². The molecule has 2 rings (SSSR count). The quantitative estimate of drug-likeness (QED) is 0.876. The van der Waals surface area contributed by atoms with Crippen LogP contribution in [-0.4, -0.2) is 22.6 Å². The van der Waals surface area contributed by atoms with E-state index in [1.807, 2.05) is 39.0 Å². The van der Waals surface area contributed by atoms with Crippen LogP contribution in [-0.2, 0) is 0 Å². The van der Waals surface area contributed by atoms with Gasteiger partial charge in [-0.3, -0.25) is 0 Å². The Morgan fingerprint density at radius 1 is 1.33 bits per heavy atom. The van der Waals surface area contributed by atoms with Gasteiger partial charge < -0.3 is 10.1 Å². The molecule has 0 spiro atoms. The standard InChI is InChI=1S/C16H20FN3O/c1-4-8-18-16-19-10-14(17)15(20-16)12-6-5-7-13(9-12)21-11(2)3/h5-7,9-11H,4,8H2,1-3H3,(H,18,19,20). The first-order chi connectivity index (χ1) is 10.1. The number of nitrogens with one attached hydrogen (secondary N) is 1. The Kier molecular flexibility index (Phi) is 5.09. The summed E-state index contributed by atoms with van der Waals surface area (Å²) in [6.07, 6.45) is 2.21. The summed E-state index contributed by atoms with van der Waals surface area (Å²) >= 11 is 0. The Bertz CT molecular complexity index is 602. The number of hydrogen-bond donors (Lipinski definition) is 1. The highest BCUT2D eigenvalue weighted by molar-refractivity contribution is 5.62. The molecule has 0 aliphatic carbocycles. The molecule has 0 amide bonds. The van der Waals surface area contributed by atoms with Crippen molar-refractivity contribution in [2.75, 3.05) is 11.9 Å². The van der Waals surface area contributed by atoms with Crippen LogP contribution in [0.3, 0.4) is 0 Å². The molecule has 1 aromatic carbocycles. The number of rotatable bonds is 6. The maximum atomic E-state index is 14.0. The van der Waals surface area contributed by atoms with Gasteiger partial charge in [0.2, 0.25) is 5.95 Å². The van der Waals surface area contributed by atoms with Gasteiger partial charge in [-0.25, -0.2) is 14.4 Å². The van der Waals surface area contributed by atoms with Crippen molar-refractivity contribution in [2.24, 2.45) is 0 Å². The van der Waals surface area contributed by atoms with Gasteiger partial charge >= 0.3 is 0 Å². The van der Waals surface area contributed by atoms with Crippen LogP contribution in [0.2, 0.25) is 0 Å². The van der Waals surface area contributed by atoms with E-state index in [1.165, 1.54) is 6.20 Å². The Hall–Kier alpha value is -2.17. The number of ether oxygens (including phenoxy) is 1. The lowest BCUT2D eigenvalue weighted by Gasteiger charge is -2.11. The Labute approximate surface area is 124 Å². The van der Waals surface area contributed by atoms with E-state index in [2.05, 4.69) is 15.3 Å². The first-order valence-corrected chi connectivity index (χ1v) is 7.13. The average molecular weight is 289 g/mol. The molecule has 0 fully saturated rings. The lowest BCUT2D eigenvalue weighted by molar-refractivity contribution is 0.242. The molecule has 4 nitrogen and oxygen atoms in total. The van der Waals surface area contributed by atoms with Crippen molar-refractivity contribution in [1.29, 1.82) is 0 Å². The minimum Gasteiger partial charge on any atom is -0.491 e. The van der Waals surface area contributed by atoms with Gasteiger partial charge in [-0.05, 0) is 32.4 Å². The van der Waals surface area contributed by atoms with Crippen LogP contribution in [0, 0.1) is 5.82 Å². The second kappa shape index (κ2) is 7.02.